The van der Waals surface area contributed by atoms with Crippen molar-refractivity contribution in [3.05, 3.63) is 59.2 Å². The van der Waals surface area contributed by atoms with Crippen LogP contribution in [-0.2, 0) is 16.2 Å². The van der Waals surface area contributed by atoms with Crippen LogP contribution in [0.15, 0.2) is 53.6 Å². The standard InChI is InChI=1S/C25H29ClF3N7O2S/c1-34(2)17-11-12-36(15-17)16-9-10-20(18(13-16)25(27,28)29)32-24-30-14-19(26)23(33-24)31-21-7-5-6-8-22(21)39(37,38)35(3)4/h5-10,13-14,17H,11-12,15H2,1-4H3,(H2,30,31,32,33)/t17-/m0/s1. The molecule has 0 unspecified atom stereocenters. The first-order valence-electron chi connectivity index (χ1n) is 12.0. The summed E-state index contributed by atoms with van der Waals surface area (Å²) in [4.78, 5) is 12.2. The van der Waals surface area contributed by atoms with E-state index in [1.54, 1.807) is 18.2 Å². The van der Waals surface area contributed by atoms with Crippen LogP contribution < -0.4 is 15.5 Å². The van der Waals surface area contributed by atoms with E-state index in [1.165, 1.54) is 38.5 Å². The summed E-state index contributed by atoms with van der Waals surface area (Å²) in [5, 5.41) is 5.57. The van der Waals surface area contributed by atoms with Crippen LogP contribution in [-0.4, -0.2) is 74.9 Å². The van der Waals surface area contributed by atoms with Crippen LogP contribution in [0.1, 0.15) is 12.0 Å². The van der Waals surface area contributed by atoms with Crippen LogP contribution in [0, 0.1) is 0 Å². The highest BCUT2D eigenvalue weighted by Gasteiger charge is 2.35. The molecule has 0 radical (unpaired) electrons. The highest BCUT2D eigenvalue weighted by molar-refractivity contribution is 7.89. The van der Waals surface area contributed by atoms with Gasteiger partial charge in [-0.3, -0.25) is 0 Å². The highest BCUT2D eigenvalue weighted by Crippen LogP contribution is 2.39. The summed E-state index contributed by atoms with van der Waals surface area (Å²) < 4.78 is 68.8. The summed E-state index contributed by atoms with van der Waals surface area (Å²) in [6.07, 6.45) is -2.55. The fraction of sp³-hybridized carbons (Fsp3) is 0.360. The maximum absolute atomic E-state index is 14.1. The second kappa shape index (κ2) is 11.2. The van der Waals surface area contributed by atoms with Crippen molar-refractivity contribution in [2.24, 2.45) is 0 Å². The third kappa shape index (κ3) is 6.38. The van der Waals surface area contributed by atoms with E-state index in [1.807, 2.05) is 19.0 Å². The Balaban J connectivity index is 1.63. The molecule has 9 nitrogen and oxygen atoms in total. The molecule has 1 saturated heterocycles. The lowest BCUT2D eigenvalue weighted by molar-refractivity contribution is -0.136. The number of alkyl halides is 3. The van der Waals surface area contributed by atoms with Crippen molar-refractivity contribution < 1.29 is 21.6 Å². The average Bonchev–Trinajstić information content (AvgIpc) is 3.37. The second-order valence-corrected chi connectivity index (χ2v) is 12.0. The number of hydrogen-bond donors (Lipinski definition) is 2. The number of sulfonamides is 1. The van der Waals surface area contributed by atoms with Crippen molar-refractivity contribution in [2.45, 2.75) is 23.5 Å². The van der Waals surface area contributed by atoms with Gasteiger partial charge in [-0.25, -0.2) is 17.7 Å². The van der Waals surface area contributed by atoms with Gasteiger partial charge in [-0.2, -0.15) is 18.2 Å². The maximum Gasteiger partial charge on any atom is 0.418 e. The van der Waals surface area contributed by atoms with E-state index in [0.717, 1.165) is 16.8 Å². The number of hydrogen-bond acceptors (Lipinski definition) is 8. The second-order valence-electron chi connectivity index (χ2n) is 9.50. The number of aromatic nitrogens is 2. The quantitative estimate of drug-likeness (QED) is 0.382. The van der Waals surface area contributed by atoms with Gasteiger partial charge in [-0.05, 0) is 50.8 Å². The van der Waals surface area contributed by atoms with E-state index in [-0.39, 0.29) is 39.1 Å². The van der Waals surface area contributed by atoms with Crippen LogP contribution in [0.3, 0.4) is 0 Å². The fourth-order valence-corrected chi connectivity index (χ4v) is 5.40. The molecule has 1 aromatic heterocycles. The first kappa shape index (κ1) is 28.9. The number of para-hydroxylation sites is 1. The molecule has 0 saturated carbocycles. The first-order chi connectivity index (χ1) is 18.3. The Labute approximate surface area is 230 Å². The number of halogens is 4. The van der Waals surface area contributed by atoms with Gasteiger partial charge in [0.15, 0.2) is 5.82 Å². The zero-order valence-corrected chi connectivity index (χ0v) is 23.4. The van der Waals surface area contributed by atoms with E-state index in [2.05, 4.69) is 25.5 Å². The lowest BCUT2D eigenvalue weighted by atomic mass is 10.1. The number of anilines is 5. The van der Waals surface area contributed by atoms with Crippen molar-refractivity contribution in [2.75, 3.05) is 56.8 Å². The van der Waals surface area contributed by atoms with Gasteiger partial charge >= 0.3 is 6.18 Å². The normalized spacial score (nSPS) is 16.3. The minimum Gasteiger partial charge on any atom is -0.370 e. The Hall–Kier alpha value is -3.13. The van der Waals surface area contributed by atoms with Crippen molar-refractivity contribution in [3.63, 3.8) is 0 Å². The Bertz CT molecular complexity index is 1450. The van der Waals surface area contributed by atoms with E-state index in [4.69, 9.17) is 11.6 Å². The van der Waals surface area contributed by atoms with E-state index in [9.17, 15) is 21.6 Å². The Morgan fingerprint density at radius 3 is 2.41 bits per heavy atom. The predicted octanol–water partition coefficient (Wildman–Crippen LogP) is 5.03. The molecule has 14 heteroatoms. The third-order valence-electron chi connectivity index (χ3n) is 6.46. The van der Waals surface area contributed by atoms with Gasteiger partial charge in [-0.1, -0.05) is 23.7 Å². The summed E-state index contributed by atoms with van der Waals surface area (Å²) >= 11 is 6.25. The molecule has 1 fully saturated rings. The summed E-state index contributed by atoms with van der Waals surface area (Å²) in [7, 11) is 2.91. The summed E-state index contributed by atoms with van der Waals surface area (Å²) in [6.45, 7) is 1.30. The minimum absolute atomic E-state index is 0.0208. The van der Waals surface area contributed by atoms with Crippen LogP contribution in [0.4, 0.5) is 42.0 Å². The van der Waals surface area contributed by atoms with Gasteiger partial charge < -0.3 is 20.4 Å². The zero-order chi connectivity index (χ0) is 28.5. The lowest BCUT2D eigenvalue weighted by Crippen LogP contribution is -2.31. The van der Waals surface area contributed by atoms with Gasteiger partial charge in [0, 0.05) is 38.9 Å². The zero-order valence-electron chi connectivity index (χ0n) is 21.8. The molecule has 39 heavy (non-hydrogen) atoms. The molecule has 2 aromatic carbocycles. The van der Waals surface area contributed by atoms with Crippen LogP contribution in [0.25, 0.3) is 0 Å². The number of benzene rings is 2. The van der Waals surface area contributed by atoms with E-state index in [0.29, 0.717) is 18.8 Å². The van der Waals surface area contributed by atoms with Gasteiger partial charge in [0.2, 0.25) is 16.0 Å². The van der Waals surface area contributed by atoms with Gasteiger partial charge in [0.1, 0.15) is 9.92 Å². The monoisotopic (exact) mass is 583 g/mol. The van der Waals surface area contributed by atoms with Crippen molar-refractivity contribution in [1.82, 2.24) is 19.2 Å². The lowest BCUT2D eigenvalue weighted by Gasteiger charge is -2.23. The molecule has 1 aliphatic heterocycles. The molecule has 4 rings (SSSR count). The molecule has 1 atom stereocenters. The molecule has 0 amide bonds. The van der Waals surface area contributed by atoms with Crippen LogP contribution >= 0.6 is 11.6 Å². The summed E-state index contributed by atoms with van der Waals surface area (Å²) in [5.41, 5.74) is -0.405. The van der Waals surface area contributed by atoms with Crippen LogP contribution in [0.2, 0.25) is 5.02 Å². The van der Waals surface area contributed by atoms with Gasteiger partial charge in [0.25, 0.3) is 0 Å². The van der Waals surface area contributed by atoms with E-state index >= 15 is 0 Å². The Morgan fingerprint density at radius 2 is 1.77 bits per heavy atom. The maximum atomic E-state index is 14.1. The topological polar surface area (TPSA) is 93.7 Å². The molecule has 3 aromatic rings. The molecule has 2 heterocycles. The molecular formula is C25H29ClF3N7O2S. The highest BCUT2D eigenvalue weighted by atomic mass is 35.5. The van der Waals surface area contributed by atoms with Crippen LogP contribution in [0.5, 0.6) is 0 Å². The number of nitrogens with one attached hydrogen (secondary N) is 2. The molecule has 0 aliphatic carbocycles. The fourth-order valence-electron chi connectivity index (χ4n) is 4.22. The van der Waals surface area contributed by atoms with E-state index < -0.39 is 21.8 Å². The number of nitrogens with zero attached hydrogens (tertiary/aromatic N) is 5. The number of likely N-dealkylation sites (N-methyl/N-ethyl adjacent to an activating group) is 1. The largest absolute Gasteiger partial charge is 0.418 e. The molecule has 0 bridgehead atoms. The molecule has 0 spiro atoms. The van der Waals surface area contributed by atoms with Gasteiger partial charge in [0.05, 0.1) is 23.1 Å². The first-order valence-corrected chi connectivity index (χ1v) is 13.8. The predicted molar refractivity (Wildman–Crippen MR) is 147 cm³/mol. The van der Waals surface area contributed by atoms with Crippen molar-refractivity contribution in [1.29, 1.82) is 0 Å². The van der Waals surface area contributed by atoms with Gasteiger partial charge in [-0.15, -0.1) is 0 Å². The number of rotatable bonds is 8. The molecule has 1 aliphatic rings. The third-order valence-corrected chi connectivity index (χ3v) is 8.61. The van der Waals surface area contributed by atoms with Crippen molar-refractivity contribution >= 4 is 50.5 Å². The summed E-state index contributed by atoms with van der Waals surface area (Å²) in [5.74, 6) is -0.130. The molecule has 210 valence electrons. The Kier molecular flexibility index (Phi) is 8.26. The molecule has 2 N–H and O–H groups in total. The summed E-state index contributed by atoms with van der Waals surface area (Å²) in [6, 6.07) is 10.5. The molecular weight excluding hydrogens is 555 g/mol. The average molecular weight is 584 g/mol. The van der Waals surface area contributed by atoms with Crippen molar-refractivity contribution in [3.8, 4) is 0 Å². The Morgan fingerprint density at radius 1 is 1.05 bits per heavy atom. The smallest absolute Gasteiger partial charge is 0.370 e. The SMILES string of the molecule is CN(C)[C@H]1CCN(c2ccc(Nc3ncc(Cl)c(Nc4ccccc4S(=O)(=O)N(C)C)n3)c(C(F)(F)F)c2)C1. The minimum atomic E-state index is -4.63.